The summed E-state index contributed by atoms with van der Waals surface area (Å²) in [4.78, 5) is 16.6. The zero-order chi connectivity index (χ0) is 15.9. The third-order valence-corrected chi connectivity index (χ3v) is 4.27. The van der Waals surface area contributed by atoms with E-state index in [0.717, 1.165) is 32.7 Å². The van der Waals surface area contributed by atoms with E-state index >= 15 is 0 Å². The van der Waals surface area contributed by atoms with Crippen molar-refractivity contribution in [3.63, 3.8) is 0 Å². The van der Waals surface area contributed by atoms with E-state index in [1.165, 1.54) is 6.07 Å². The molecule has 1 N–H and O–H groups in total. The number of hydrogen-bond acceptors (Lipinski definition) is 3. The van der Waals surface area contributed by atoms with E-state index in [1.807, 2.05) is 6.92 Å². The van der Waals surface area contributed by atoms with Crippen molar-refractivity contribution in [2.75, 3.05) is 46.3 Å². The van der Waals surface area contributed by atoms with Crippen LogP contribution in [0.4, 0.5) is 4.39 Å². The van der Waals surface area contributed by atoms with Gasteiger partial charge in [0.05, 0.1) is 0 Å². The van der Waals surface area contributed by atoms with Crippen LogP contribution in [0.1, 0.15) is 24.8 Å². The zero-order valence-corrected chi connectivity index (χ0v) is 13.5. The SMILES string of the molecule is C[C@H](CC(=O)NCCN1CCN(C)CC1)c1ccccc1F. The summed E-state index contributed by atoms with van der Waals surface area (Å²) in [6, 6.07) is 6.66. The molecule has 1 fully saturated rings. The third kappa shape index (κ3) is 5.07. The van der Waals surface area contributed by atoms with Crippen molar-refractivity contribution >= 4 is 5.91 Å². The molecule has 122 valence electrons. The Labute approximate surface area is 132 Å². The summed E-state index contributed by atoms with van der Waals surface area (Å²) in [5.74, 6) is -0.352. The van der Waals surface area contributed by atoms with Crippen LogP contribution in [0.15, 0.2) is 24.3 Å². The van der Waals surface area contributed by atoms with Crippen LogP contribution in [-0.2, 0) is 4.79 Å². The van der Waals surface area contributed by atoms with E-state index < -0.39 is 0 Å². The molecule has 1 aliphatic heterocycles. The molecule has 1 aliphatic rings. The monoisotopic (exact) mass is 307 g/mol. The lowest BCUT2D eigenvalue weighted by molar-refractivity contribution is -0.121. The first-order valence-electron chi connectivity index (χ1n) is 7.98. The van der Waals surface area contributed by atoms with E-state index in [4.69, 9.17) is 0 Å². The fourth-order valence-corrected chi connectivity index (χ4v) is 2.76. The first-order valence-corrected chi connectivity index (χ1v) is 7.98. The molecular formula is C17H26FN3O. The first-order chi connectivity index (χ1) is 10.6. The second-order valence-corrected chi connectivity index (χ2v) is 6.12. The topological polar surface area (TPSA) is 35.6 Å². The van der Waals surface area contributed by atoms with Crippen LogP contribution in [0.5, 0.6) is 0 Å². The fraction of sp³-hybridized carbons (Fsp3) is 0.588. The van der Waals surface area contributed by atoms with Crippen LogP contribution in [0.3, 0.4) is 0 Å². The number of nitrogens with one attached hydrogen (secondary N) is 1. The summed E-state index contributed by atoms with van der Waals surface area (Å²) in [6.45, 7) is 7.70. The molecular weight excluding hydrogens is 281 g/mol. The molecule has 1 aromatic carbocycles. The lowest BCUT2D eigenvalue weighted by Gasteiger charge is -2.32. The van der Waals surface area contributed by atoms with E-state index in [-0.39, 0.29) is 17.6 Å². The number of piperazine rings is 1. The Bertz CT molecular complexity index is 487. The molecule has 0 bridgehead atoms. The minimum Gasteiger partial charge on any atom is -0.355 e. The average molecular weight is 307 g/mol. The van der Waals surface area contributed by atoms with Crippen LogP contribution in [0, 0.1) is 5.82 Å². The smallest absolute Gasteiger partial charge is 0.220 e. The molecule has 0 radical (unpaired) electrons. The normalized spacial score (nSPS) is 18.1. The van der Waals surface area contributed by atoms with Crippen LogP contribution < -0.4 is 5.32 Å². The summed E-state index contributed by atoms with van der Waals surface area (Å²) in [7, 11) is 2.13. The highest BCUT2D eigenvalue weighted by molar-refractivity contribution is 5.76. The Morgan fingerprint density at radius 1 is 1.27 bits per heavy atom. The summed E-state index contributed by atoms with van der Waals surface area (Å²) >= 11 is 0. The van der Waals surface area contributed by atoms with Gasteiger partial charge in [-0.05, 0) is 24.6 Å². The van der Waals surface area contributed by atoms with E-state index in [0.29, 0.717) is 18.5 Å². The third-order valence-electron chi connectivity index (χ3n) is 4.27. The van der Waals surface area contributed by atoms with Gasteiger partial charge in [-0.1, -0.05) is 25.1 Å². The molecule has 1 saturated heterocycles. The number of carbonyl (C=O) groups excluding carboxylic acids is 1. The molecule has 0 aromatic heterocycles. The van der Waals surface area contributed by atoms with Crippen LogP contribution in [0.25, 0.3) is 0 Å². The maximum absolute atomic E-state index is 13.7. The standard InChI is InChI=1S/C17H26FN3O/c1-14(15-5-3-4-6-16(15)18)13-17(22)19-7-8-21-11-9-20(2)10-12-21/h3-6,14H,7-13H2,1-2H3,(H,19,22)/t14-/m1/s1. The number of carbonyl (C=O) groups is 1. The molecule has 5 heteroatoms. The highest BCUT2D eigenvalue weighted by Gasteiger charge is 2.16. The molecule has 22 heavy (non-hydrogen) atoms. The van der Waals surface area contributed by atoms with Crippen molar-refractivity contribution in [2.45, 2.75) is 19.3 Å². The molecule has 1 aromatic rings. The number of hydrogen-bond donors (Lipinski definition) is 1. The van der Waals surface area contributed by atoms with Crippen molar-refractivity contribution < 1.29 is 9.18 Å². The van der Waals surface area contributed by atoms with Gasteiger partial charge in [0, 0.05) is 45.7 Å². The molecule has 1 heterocycles. The van der Waals surface area contributed by atoms with Gasteiger partial charge in [0.15, 0.2) is 0 Å². The number of benzene rings is 1. The quantitative estimate of drug-likeness (QED) is 0.868. The highest BCUT2D eigenvalue weighted by atomic mass is 19.1. The number of nitrogens with zero attached hydrogens (tertiary/aromatic N) is 2. The van der Waals surface area contributed by atoms with Gasteiger partial charge >= 0.3 is 0 Å². The van der Waals surface area contributed by atoms with Gasteiger partial charge in [0.1, 0.15) is 5.82 Å². The lowest BCUT2D eigenvalue weighted by atomic mass is 9.97. The average Bonchev–Trinajstić information content (AvgIpc) is 2.49. The minimum absolute atomic E-state index is 0.00937. The lowest BCUT2D eigenvalue weighted by Crippen LogP contribution is -2.46. The molecule has 4 nitrogen and oxygen atoms in total. The molecule has 1 amide bonds. The van der Waals surface area contributed by atoms with Gasteiger partial charge in [-0.3, -0.25) is 9.69 Å². The number of halogens is 1. The summed E-state index contributed by atoms with van der Waals surface area (Å²) in [5.41, 5.74) is 0.608. The van der Waals surface area contributed by atoms with Crippen molar-refractivity contribution in [3.8, 4) is 0 Å². The van der Waals surface area contributed by atoms with Crippen molar-refractivity contribution in [1.82, 2.24) is 15.1 Å². The van der Waals surface area contributed by atoms with Crippen molar-refractivity contribution in [1.29, 1.82) is 0 Å². The number of amides is 1. The van der Waals surface area contributed by atoms with Crippen molar-refractivity contribution in [3.05, 3.63) is 35.6 Å². The summed E-state index contributed by atoms with van der Waals surface area (Å²) in [5, 5.41) is 2.94. The van der Waals surface area contributed by atoms with Gasteiger partial charge < -0.3 is 10.2 Å². The van der Waals surface area contributed by atoms with Crippen LogP contribution >= 0.6 is 0 Å². The molecule has 0 saturated carbocycles. The van der Waals surface area contributed by atoms with E-state index in [2.05, 4.69) is 22.2 Å². The molecule has 0 spiro atoms. The Hall–Kier alpha value is -1.46. The zero-order valence-electron chi connectivity index (χ0n) is 13.5. The Morgan fingerprint density at radius 2 is 1.95 bits per heavy atom. The Kier molecular flexibility index (Phi) is 6.34. The maximum Gasteiger partial charge on any atom is 0.220 e. The second-order valence-electron chi connectivity index (χ2n) is 6.12. The summed E-state index contributed by atoms with van der Waals surface area (Å²) in [6.07, 6.45) is 0.323. The molecule has 2 rings (SSSR count). The second kappa shape index (κ2) is 8.25. The van der Waals surface area contributed by atoms with Crippen LogP contribution in [0.2, 0.25) is 0 Å². The number of likely N-dealkylation sites (N-methyl/N-ethyl adjacent to an activating group) is 1. The van der Waals surface area contributed by atoms with Gasteiger partial charge in [0.2, 0.25) is 5.91 Å². The largest absolute Gasteiger partial charge is 0.355 e. The first kappa shape index (κ1) is 16.9. The Balaban J connectivity index is 1.68. The minimum atomic E-state index is -0.236. The van der Waals surface area contributed by atoms with E-state index in [9.17, 15) is 9.18 Å². The predicted molar refractivity (Wildman–Crippen MR) is 86.4 cm³/mol. The molecule has 0 unspecified atom stereocenters. The van der Waals surface area contributed by atoms with Crippen molar-refractivity contribution in [2.24, 2.45) is 0 Å². The highest BCUT2D eigenvalue weighted by Crippen LogP contribution is 2.21. The Morgan fingerprint density at radius 3 is 2.64 bits per heavy atom. The molecule has 0 aliphatic carbocycles. The maximum atomic E-state index is 13.7. The van der Waals surface area contributed by atoms with Gasteiger partial charge in [-0.15, -0.1) is 0 Å². The molecule has 1 atom stereocenters. The van der Waals surface area contributed by atoms with Gasteiger partial charge in [0.25, 0.3) is 0 Å². The number of rotatable bonds is 6. The summed E-state index contributed by atoms with van der Waals surface area (Å²) < 4.78 is 13.7. The van der Waals surface area contributed by atoms with Crippen LogP contribution in [-0.4, -0.2) is 62.0 Å². The van der Waals surface area contributed by atoms with Gasteiger partial charge in [-0.2, -0.15) is 0 Å². The fourth-order valence-electron chi connectivity index (χ4n) is 2.76. The predicted octanol–water partition coefficient (Wildman–Crippen LogP) is 1.68. The van der Waals surface area contributed by atoms with Gasteiger partial charge in [-0.25, -0.2) is 4.39 Å². The van der Waals surface area contributed by atoms with E-state index in [1.54, 1.807) is 18.2 Å².